The Labute approximate surface area is 123 Å². The average Bonchev–Trinajstić information content (AvgIpc) is 2.43. The van der Waals surface area contributed by atoms with Crippen molar-refractivity contribution >= 4 is 11.7 Å². The lowest BCUT2D eigenvalue weighted by Crippen LogP contribution is -2.27. The maximum Gasteiger partial charge on any atom is 0.308 e. The molecule has 0 amide bonds. The molecule has 1 aromatic carbocycles. The number of hydrogen-bond donors (Lipinski definition) is 1. The molecule has 116 valence electrons. The van der Waals surface area contributed by atoms with E-state index in [0.717, 1.165) is 19.6 Å². The third-order valence-electron chi connectivity index (χ3n) is 3.16. The van der Waals surface area contributed by atoms with Crippen LogP contribution in [0.15, 0.2) is 18.2 Å². The highest BCUT2D eigenvalue weighted by atomic mass is 16.6. The molecule has 0 radical (unpaired) electrons. The molecule has 7 nitrogen and oxygen atoms in total. The molecule has 0 bridgehead atoms. The van der Waals surface area contributed by atoms with Crippen LogP contribution >= 0.6 is 0 Å². The normalized spacial score (nSPS) is 10.6. The van der Waals surface area contributed by atoms with Gasteiger partial charge in [-0.25, -0.2) is 0 Å². The lowest BCUT2D eigenvalue weighted by atomic mass is 10.1. The van der Waals surface area contributed by atoms with Crippen molar-refractivity contribution in [2.24, 2.45) is 0 Å². The first kappa shape index (κ1) is 16.9. The van der Waals surface area contributed by atoms with Gasteiger partial charge in [0.2, 0.25) is 0 Å². The molecular formula is C14H20N2O5. The molecular weight excluding hydrogens is 276 g/mol. The van der Waals surface area contributed by atoms with Crippen LogP contribution in [-0.2, 0) is 11.2 Å². The van der Waals surface area contributed by atoms with Crippen LogP contribution in [0.1, 0.15) is 19.4 Å². The maximum absolute atomic E-state index is 10.9. The number of ether oxygens (including phenoxy) is 1. The molecule has 0 aliphatic rings. The number of carboxylic acids is 1. The number of likely N-dealkylation sites (N-methyl/N-ethyl adjacent to an activating group) is 1. The summed E-state index contributed by atoms with van der Waals surface area (Å²) in [6, 6.07) is 4.20. The third kappa shape index (κ3) is 5.39. The van der Waals surface area contributed by atoms with Crippen LogP contribution in [0.4, 0.5) is 5.69 Å². The van der Waals surface area contributed by atoms with Gasteiger partial charge in [-0.1, -0.05) is 13.8 Å². The maximum atomic E-state index is 10.9. The van der Waals surface area contributed by atoms with E-state index in [0.29, 0.717) is 12.4 Å². The van der Waals surface area contributed by atoms with Crippen LogP contribution in [0.25, 0.3) is 0 Å². The van der Waals surface area contributed by atoms with Crippen molar-refractivity contribution in [3.63, 3.8) is 0 Å². The number of hydrogen-bond acceptors (Lipinski definition) is 5. The van der Waals surface area contributed by atoms with Gasteiger partial charge in [-0.3, -0.25) is 14.9 Å². The Morgan fingerprint density at radius 2 is 2.05 bits per heavy atom. The minimum absolute atomic E-state index is 0.146. The first-order valence-electron chi connectivity index (χ1n) is 6.82. The molecule has 0 spiro atoms. The summed E-state index contributed by atoms with van der Waals surface area (Å²) >= 11 is 0. The molecule has 0 aliphatic heterocycles. The molecule has 0 atom stereocenters. The highest BCUT2D eigenvalue weighted by Crippen LogP contribution is 2.24. The van der Waals surface area contributed by atoms with Crippen LogP contribution in [0.2, 0.25) is 0 Å². The number of nitro benzene ring substituents is 1. The van der Waals surface area contributed by atoms with Crippen molar-refractivity contribution in [2.45, 2.75) is 20.3 Å². The summed E-state index contributed by atoms with van der Waals surface area (Å²) in [5, 5.41) is 19.7. The summed E-state index contributed by atoms with van der Waals surface area (Å²) in [4.78, 5) is 23.2. The number of benzene rings is 1. The molecule has 0 aromatic heterocycles. The molecule has 1 N–H and O–H groups in total. The zero-order valence-electron chi connectivity index (χ0n) is 12.2. The highest BCUT2D eigenvalue weighted by Gasteiger charge is 2.17. The topological polar surface area (TPSA) is 92.9 Å². The van der Waals surface area contributed by atoms with Crippen molar-refractivity contribution in [3.8, 4) is 5.75 Å². The summed E-state index contributed by atoms with van der Waals surface area (Å²) in [7, 11) is 0. The average molecular weight is 296 g/mol. The Balaban J connectivity index is 2.75. The second-order valence-electron chi connectivity index (χ2n) is 4.49. The Morgan fingerprint density at radius 3 is 2.57 bits per heavy atom. The summed E-state index contributed by atoms with van der Waals surface area (Å²) in [6.45, 7) is 7.15. The molecule has 0 unspecified atom stereocenters. The number of nitrogens with zero attached hydrogens (tertiary/aromatic N) is 2. The second-order valence-corrected chi connectivity index (χ2v) is 4.49. The largest absolute Gasteiger partial charge is 0.492 e. The van der Waals surface area contributed by atoms with E-state index in [1.807, 2.05) is 0 Å². The monoisotopic (exact) mass is 296 g/mol. The van der Waals surface area contributed by atoms with E-state index in [4.69, 9.17) is 9.84 Å². The van der Waals surface area contributed by atoms with E-state index in [9.17, 15) is 14.9 Å². The first-order chi connectivity index (χ1) is 9.97. The Kier molecular flexibility index (Phi) is 6.61. The summed E-state index contributed by atoms with van der Waals surface area (Å²) in [6.07, 6.45) is -0.399. The van der Waals surface area contributed by atoms with E-state index in [1.165, 1.54) is 18.2 Å². The second kappa shape index (κ2) is 8.21. The van der Waals surface area contributed by atoms with Crippen molar-refractivity contribution in [2.75, 3.05) is 26.2 Å². The Morgan fingerprint density at radius 1 is 1.38 bits per heavy atom. The van der Waals surface area contributed by atoms with Gasteiger partial charge in [0, 0.05) is 18.2 Å². The van der Waals surface area contributed by atoms with Gasteiger partial charge in [0.15, 0.2) is 0 Å². The van der Waals surface area contributed by atoms with Gasteiger partial charge in [-0.05, 0) is 25.2 Å². The zero-order chi connectivity index (χ0) is 15.8. The summed E-state index contributed by atoms with van der Waals surface area (Å²) in [5.74, 6) is -0.664. The minimum Gasteiger partial charge on any atom is -0.492 e. The third-order valence-corrected chi connectivity index (χ3v) is 3.16. The van der Waals surface area contributed by atoms with E-state index in [-0.39, 0.29) is 11.3 Å². The highest BCUT2D eigenvalue weighted by molar-refractivity contribution is 5.72. The van der Waals surface area contributed by atoms with Crippen LogP contribution in [-0.4, -0.2) is 47.1 Å². The van der Waals surface area contributed by atoms with E-state index >= 15 is 0 Å². The van der Waals surface area contributed by atoms with Crippen LogP contribution in [0, 0.1) is 10.1 Å². The molecule has 0 fully saturated rings. The van der Waals surface area contributed by atoms with Crippen molar-refractivity contribution in [3.05, 3.63) is 33.9 Å². The van der Waals surface area contributed by atoms with Crippen LogP contribution in [0.3, 0.4) is 0 Å². The van der Waals surface area contributed by atoms with Gasteiger partial charge in [0.05, 0.1) is 11.3 Å². The predicted molar refractivity (Wildman–Crippen MR) is 77.7 cm³/mol. The SMILES string of the molecule is CCN(CC)CCOc1ccc([N+](=O)[O-])c(CC(=O)O)c1. The minimum atomic E-state index is -1.11. The van der Waals surface area contributed by atoms with E-state index in [2.05, 4.69) is 18.7 Å². The van der Waals surface area contributed by atoms with E-state index < -0.39 is 17.3 Å². The molecule has 1 aromatic rings. The quantitative estimate of drug-likeness (QED) is 0.553. The van der Waals surface area contributed by atoms with Gasteiger partial charge in [0.1, 0.15) is 12.4 Å². The number of rotatable bonds is 9. The van der Waals surface area contributed by atoms with Crippen molar-refractivity contribution < 1.29 is 19.6 Å². The standard InChI is InChI=1S/C14H20N2O5/c1-3-15(4-2)7-8-21-12-5-6-13(16(19)20)11(9-12)10-14(17)18/h5-6,9H,3-4,7-8,10H2,1-2H3,(H,17,18). The molecule has 21 heavy (non-hydrogen) atoms. The lowest BCUT2D eigenvalue weighted by molar-refractivity contribution is -0.385. The predicted octanol–water partition coefficient (Wildman–Crippen LogP) is 1.94. The number of carbonyl (C=O) groups is 1. The molecule has 0 heterocycles. The summed E-state index contributed by atoms with van der Waals surface area (Å²) < 4.78 is 5.54. The number of carboxylic acid groups (broad SMARTS) is 1. The molecule has 0 saturated carbocycles. The molecule has 0 aliphatic carbocycles. The fourth-order valence-corrected chi connectivity index (χ4v) is 1.97. The Bertz CT molecular complexity index is 500. The van der Waals surface area contributed by atoms with Gasteiger partial charge < -0.3 is 14.7 Å². The number of aliphatic carboxylic acids is 1. The number of nitro groups is 1. The lowest BCUT2D eigenvalue weighted by Gasteiger charge is -2.18. The van der Waals surface area contributed by atoms with Crippen molar-refractivity contribution in [1.29, 1.82) is 0 Å². The van der Waals surface area contributed by atoms with Gasteiger partial charge >= 0.3 is 5.97 Å². The molecule has 0 saturated heterocycles. The van der Waals surface area contributed by atoms with Gasteiger partial charge in [-0.2, -0.15) is 0 Å². The van der Waals surface area contributed by atoms with Gasteiger partial charge in [0.25, 0.3) is 5.69 Å². The van der Waals surface area contributed by atoms with Crippen molar-refractivity contribution in [1.82, 2.24) is 4.90 Å². The van der Waals surface area contributed by atoms with Crippen LogP contribution < -0.4 is 4.74 Å². The molecule has 1 rings (SSSR count). The smallest absolute Gasteiger partial charge is 0.308 e. The summed E-state index contributed by atoms with van der Waals surface area (Å²) in [5.41, 5.74) is -0.0543. The molecule has 7 heteroatoms. The van der Waals surface area contributed by atoms with Gasteiger partial charge in [-0.15, -0.1) is 0 Å². The Hall–Kier alpha value is -2.15. The van der Waals surface area contributed by atoms with Crippen LogP contribution in [0.5, 0.6) is 5.75 Å². The van der Waals surface area contributed by atoms with E-state index in [1.54, 1.807) is 0 Å². The first-order valence-corrected chi connectivity index (χ1v) is 6.82. The fourth-order valence-electron chi connectivity index (χ4n) is 1.97. The zero-order valence-corrected chi connectivity index (χ0v) is 12.2. The fraction of sp³-hybridized carbons (Fsp3) is 0.500.